The summed E-state index contributed by atoms with van der Waals surface area (Å²) in [5.41, 5.74) is 2.98. The molecule has 7 nitrogen and oxygen atoms in total. The number of hydrogen-bond acceptors (Lipinski definition) is 5. The SMILES string of the molecule is CC(=O)N(c1ccccc1)c1nc(/C=C/C(=O)Nc2cccc(CN3CCCCC3=O)c2)cs1. The number of rotatable bonds is 7. The molecule has 0 spiro atoms. The smallest absolute Gasteiger partial charge is 0.248 e. The zero-order chi connectivity index (χ0) is 23.9. The first-order chi connectivity index (χ1) is 16.5. The van der Waals surface area contributed by atoms with Gasteiger partial charge in [-0.3, -0.25) is 19.3 Å². The van der Waals surface area contributed by atoms with Crippen molar-refractivity contribution in [3.05, 3.63) is 77.3 Å². The third kappa shape index (κ3) is 5.96. The summed E-state index contributed by atoms with van der Waals surface area (Å²) in [4.78, 5) is 44.6. The minimum Gasteiger partial charge on any atom is -0.338 e. The van der Waals surface area contributed by atoms with Crippen LogP contribution in [0.15, 0.2) is 66.1 Å². The predicted molar refractivity (Wildman–Crippen MR) is 135 cm³/mol. The molecule has 2 aromatic carbocycles. The van der Waals surface area contributed by atoms with Crippen LogP contribution in [0.4, 0.5) is 16.5 Å². The van der Waals surface area contributed by atoms with E-state index in [-0.39, 0.29) is 17.7 Å². The number of likely N-dealkylation sites (tertiary alicyclic amines) is 1. The van der Waals surface area contributed by atoms with E-state index in [9.17, 15) is 14.4 Å². The number of piperidine rings is 1. The van der Waals surface area contributed by atoms with E-state index in [0.717, 1.165) is 30.6 Å². The van der Waals surface area contributed by atoms with Crippen LogP contribution in [0.3, 0.4) is 0 Å². The van der Waals surface area contributed by atoms with Crippen LogP contribution >= 0.6 is 11.3 Å². The van der Waals surface area contributed by atoms with Crippen LogP contribution < -0.4 is 10.2 Å². The van der Waals surface area contributed by atoms with Crippen LogP contribution in [-0.4, -0.2) is 34.2 Å². The van der Waals surface area contributed by atoms with Crippen molar-refractivity contribution < 1.29 is 14.4 Å². The summed E-state index contributed by atoms with van der Waals surface area (Å²) in [5, 5.41) is 5.20. The topological polar surface area (TPSA) is 82.6 Å². The van der Waals surface area contributed by atoms with Crippen LogP contribution in [0.2, 0.25) is 0 Å². The Bertz CT molecular complexity index is 1210. The highest BCUT2D eigenvalue weighted by atomic mass is 32.1. The molecule has 0 radical (unpaired) electrons. The molecule has 0 bridgehead atoms. The second kappa shape index (κ2) is 10.9. The maximum absolute atomic E-state index is 12.5. The van der Waals surface area contributed by atoms with E-state index >= 15 is 0 Å². The fraction of sp³-hybridized carbons (Fsp3) is 0.231. The van der Waals surface area contributed by atoms with Gasteiger partial charge in [0.1, 0.15) is 0 Å². The van der Waals surface area contributed by atoms with Gasteiger partial charge in [-0.1, -0.05) is 30.3 Å². The molecule has 34 heavy (non-hydrogen) atoms. The predicted octanol–water partition coefficient (Wildman–Crippen LogP) is 4.99. The molecule has 1 N–H and O–H groups in total. The third-order valence-electron chi connectivity index (χ3n) is 5.43. The van der Waals surface area contributed by atoms with Gasteiger partial charge in [-0.15, -0.1) is 11.3 Å². The number of thiazole rings is 1. The summed E-state index contributed by atoms with van der Waals surface area (Å²) in [7, 11) is 0. The first-order valence-corrected chi connectivity index (χ1v) is 12.0. The van der Waals surface area contributed by atoms with Crippen LogP contribution in [0.1, 0.15) is 37.4 Å². The lowest BCUT2D eigenvalue weighted by Gasteiger charge is -2.26. The van der Waals surface area contributed by atoms with Crippen LogP contribution in [0.5, 0.6) is 0 Å². The van der Waals surface area contributed by atoms with Gasteiger partial charge < -0.3 is 10.2 Å². The number of carbonyl (C=O) groups excluding carboxylic acids is 3. The number of nitrogens with one attached hydrogen (secondary N) is 1. The Morgan fingerprint density at radius 3 is 2.74 bits per heavy atom. The number of benzene rings is 2. The van der Waals surface area contributed by atoms with E-state index in [0.29, 0.717) is 29.5 Å². The van der Waals surface area contributed by atoms with Crippen molar-refractivity contribution in [1.82, 2.24) is 9.88 Å². The van der Waals surface area contributed by atoms with Gasteiger partial charge >= 0.3 is 0 Å². The van der Waals surface area contributed by atoms with Crippen LogP contribution in [-0.2, 0) is 20.9 Å². The van der Waals surface area contributed by atoms with Crippen molar-refractivity contribution in [2.75, 3.05) is 16.8 Å². The number of amides is 3. The van der Waals surface area contributed by atoms with E-state index in [2.05, 4.69) is 10.3 Å². The maximum atomic E-state index is 12.5. The molecular formula is C26H26N4O3S. The Hall–Kier alpha value is -3.78. The molecule has 3 amide bonds. The van der Waals surface area contributed by atoms with E-state index < -0.39 is 0 Å². The van der Waals surface area contributed by atoms with E-state index in [1.165, 1.54) is 24.3 Å². The molecule has 0 atom stereocenters. The van der Waals surface area contributed by atoms with Gasteiger partial charge in [0.2, 0.25) is 17.7 Å². The Morgan fingerprint density at radius 1 is 1.15 bits per heavy atom. The molecule has 2 heterocycles. The summed E-state index contributed by atoms with van der Waals surface area (Å²) < 4.78 is 0. The van der Waals surface area contributed by atoms with Gasteiger partial charge in [0.15, 0.2) is 5.13 Å². The number of nitrogens with zero attached hydrogens (tertiary/aromatic N) is 3. The molecule has 0 saturated carbocycles. The Kier molecular flexibility index (Phi) is 7.49. The number of carbonyl (C=O) groups is 3. The first-order valence-electron chi connectivity index (χ1n) is 11.2. The maximum Gasteiger partial charge on any atom is 0.248 e. The zero-order valence-electron chi connectivity index (χ0n) is 18.9. The molecule has 0 aliphatic carbocycles. The van der Waals surface area contributed by atoms with Crippen molar-refractivity contribution in [2.45, 2.75) is 32.7 Å². The van der Waals surface area contributed by atoms with Gasteiger partial charge in [-0.2, -0.15) is 0 Å². The highest BCUT2D eigenvalue weighted by molar-refractivity contribution is 7.14. The second-order valence-corrected chi connectivity index (χ2v) is 8.88. The largest absolute Gasteiger partial charge is 0.338 e. The fourth-order valence-electron chi connectivity index (χ4n) is 3.80. The van der Waals surface area contributed by atoms with E-state index in [4.69, 9.17) is 0 Å². The van der Waals surface area contributed by atoms with Gasteiger partial charge in [0.05, 0.1) is 11.4 Å². The minimum absolute atomic E-state index is 0.139. The fourth-order valence-corrected chi connectivity index (χ4v) is 4.66. The number of anilines is 3. The molecule has 1 aliphatic heterocycles. The van der Waals surface area contributed by atoms with E-state index in [1.54, 1.807) is 16.4 Å². The number of hydrogen-bond donors (Lipinski definition) is 1. The highest BCUT2D eigenvalue weighted by Gasteiger charge is 2.18. The molecule has 0 unspecified atom stereocenters. The second-order valence-electron chi connectivity index (χ2n) is 8.04. The third-order valence-corrected chi connectivity index (χ3v) is 6.27. The Balaban J connectivity index is 1.39. The van der Waals surface area contributed by atoms with Crippen molar-refractivity contribution >= 4 is 51.6 Å². The molecule has 1 aromatic heterocycles. The molecule has 174 valence electrons. The summed E-state index contributed by atoms with van der Waals surface area (Å²) in [6.45, 7) is 2.82. The van der Waals surface area contributed by atoms with Crippen molar-refractivity contribution in [2.24, 2.45) is 0 Å². The number of para-hydroxylation sites is 1. The molecule has 8 heteroatoms. The van der Waals surface area contributed by atoms with Crippen LogP contribution in [0.25, 0.3) is 6.08 Å². The lowest BCUT2D eigenvalue weighted by atomic mass is 10.1. The molecule has 4 rings (SSSR count). The van der Waals surface area contributed by atoms with Crippen molar-refractivity contribution in [3.8, 4) is 0 Å². The molecule has 1 saturated heterocycles. The average Bonchev–Trinajstić information content (AvgIpc) is 3.28. The van der Waals surface area contributed by atoms with Crippen molar-refractivity contribution in [3.63, 3.8) is 0 Å². The molecule has 3 aromatic rings. The normalized spacial score (nSPS) is 13.8. The minimum atomic E-state index is -0.285. The van der Waals surface area contributed by atoms with Crippen molar-refractivity contribution in [1.29, 1.82) is 0 Å². The van der Waals surface area contributed by atoms with Gasteiger partial charge in [-0.25, -0.2) is 4.98 Å². The standard InChI is InChI=1S/C26H26N4O3S/c1-19(31)30(23-10-3-2-4-11-23)26-28-22(18-34-26)13-14-24(32)27-21-9-7-8-20(16-21)17-29-15-6-5-12-25(29)33/h2-4,7-11,13-14,16,18H,5-6,12,15,17H2,1H3,(H,27,32)/b14-13+. The highest BCUT2D eigenvalue weighted by Crippen LogP contribution is 2.29. The van der Waals surface area contributed by atoms with Gasteiger partial charge in [0.25, 0.3) is 0 Å². The summed E-state index contributed by atoms with van der Waals surface area (Å²) >= 11 is 1.33. The quantitative estimate of drug-likeness (QED) is 0.489. The lowest BCUT2D eigenvalue weighted by molar-refractivity contribution is -0.133. The zero-order valence-corrected chi connectivity index (χ0v) is 19.8. The summed E-state index contributed by atoms with van der Waals surface area (Å²) in [5.74, 6) is -0.242. The first kappa shape index (κ1) is 23.4. The molecular weight excluding hydrogens is 448 g/mol. The van der Waals surface area contributed by atoms with Gasteiger partial charge in [0, 0.05) is 43.6 Å². The van der Waals surface area contributed by atoms with Gasteiger partial charge in [-0.05, 0) is 48.7 Å². The molecule has 1 aliphatic rings. The molecule has 1 fully saturated rings. The monoisotopic (exact) mass is 474 g/mol. The average molecular weight is 475 g/mol. The van der Waals surface area contributed by atoms with E-state index in [1.807, 2.05) is 59.5 Å². The summed E-state index contributed by atoms with van der Waals surface area (Å²) in [6, 6.07) is 16.8. The lowest BCUT2D eigenvalue weighted by Crippen LogP contribution is -2.34. The number of aromatic nitrogens is 1. The summed E-state index contributed by atoms with van der Waals surface area (Å²) in [6.07, 6.45) is 5.63. The Morgan fingerprint density at radius 2 is 1.97 bits per heavy atom. The Labute approximate surface area is 202 Å². The van der Waals surface area contributed by atoms with Crippen LogP contribution in [0, 0.1) is 0 Å².